The molecular weight excluding hydrogens is 484 g/mol. The highest BCUT2D eigenvalue weighted by Crippen LogP contribution is 2.31. The van der Waals surface area contributed by atoms with Crippen LogP contribution in [0.4, 0.5) is 31.7 Å². The van der Waals surface area contributed by atoms with Crippen LogP contribution < -0.4 is 25.0 Å². The first-order valence-corrected chi connectivity index (χ1v) is 11.0. The zero-order chi connectivity index (χ0) is 25.0. The van der Waals surface area contributed by atoms with Gasteiger partial charge >= 0.3 is 5.57 Å². The first-order chi connectivity index (χ1) is 16.7. The molecule has 1 amide bonds. The molecule has 1 saturated heterocycles. The average molecular weight is 506 g/mol. The van der Waals surface area contributed by atoms with Crippen molar-refractivity contribution in [2.75, 3.05) is 35.7 Å². The van der Waals surface area contributed by atoms with Crippen molar-refractivity contribution in [1.82, 2.24) is 9.97 Å². The largest absolute Gasteiger partial charge is 0.487 e. The number of aliphatic hydroxyl groups excluding tert-OH is 1. The maximum absolute atomic E-state index is 12.9. The van der Waals surface area contributed by atoms with E-state index in [-0.39, 0.29) is 11.3 Å². The Morgan fingerprint density at radius 3 is 2.51 bits per heavy atom. The maximum atomic E-state index is 12.9. The Morgan fingerprint density at radius 1 is 1.17 bits per heavy atom. The summed E-state index contributed by atoms with van der Waals surface area (Å²) in [6, 6.07) is 10.4. The van der Waals surface area contributed by atoms with E-state index in [1.807, 2.05) is 4.90 Å². The normalized spacial score (nSPS) is 15.6. The van der Waals surface area contributed by atoms with Crippen LogP contribution in [0.25, 0.3) is 0 Å². The molecule has 1 aliphatic rings. The molecule has 0 aliphatic carbocycles. The summed E-state index contributed by atoms with van der Waals surface area (Å²) >= 11 is 4.76. The minimum Gasteiger partial charge on any atom is -0.481 e. The van der Waals surface area contributed by atoms with Gasteiger partial charge in [0.15, 0.2) is 5.82 Å². The number of pyridine rings is 2. The highest BCUT2D eigenvalue weighted by atomic mass is 35.5. The fraction of sp³-hybridized carbons (Fsp3) is 0.261. The van der Waals surface area contributed by atoms with Gasteiger partial charge in [0.1, 0.15) is 5.75 Å². The second-order valence-corrected chi connectivity index (χ2v) is 8.16. The summed E-state index contributed by atoms with van der Waals surface area (Å²) in [6.45, 7) is 1.04. The van der Waals surface area contributed by atoms with Gasteiger partial charge in [0.25, 0.3) is 5.91 Å². The Kier molecular flexibility index (Phi) is 7.17. The number of carbonyl (C=O) groups is 1. The first-order valence-electron chi connectivity index (χ1n) is 10.6. The number of methoxy groups -OCH3 is 1. The predicted molar refractivity (Wildman–Crippen MR) is 127 cm³/mol. The third-order valence-electron chi connectivity index (χ3n) is 5.16. The zero-order valence-electron chi connectivity index (χ0n) is 18.5. The number of alkyl halides is 3. The molecule has 1 fully saturated rings. The van der Waals surface area contributed by atoms with Crippen molar-refractivity contribution in [1.29, 1.82) is 0 Å². The van der Waals surface area contributed by atoms with Gasteiger partial charge in [-0.3, -0.25) is 4.79 Å². The lowest BCUT2D eigenvalue weighted by molar-refractivity contribution is -0.0964. The van der Waals surface area contributed by atoms with E-state index in [9.17, 15) is 18.7 Å². The topological polar surface area (TPSA) is 109 Å². The molecule has 12 heteroatoms. The van der Waals surface area contributed by atoms with Gasteiger partial charge in [0.05, 0.1) is 36.3 Å². The molecule has 1 atom stereocenters. The van der Waals surface area contributed by atoms with E-state index >= 15 is 0 Å². The van der Waals surface area contributed by atoms with E-state index in [0.29, 0.717) is 48.3 Å². The summed E-state index contributed by atoms with van der Waals surface area (Å²) in [5.74, 6) is 0.424. The van der Waals surface area contributed by atoms with Crippen LogP contribution in [0.5, 0.6) is 11.6 Å². The van der Waals surface area contributed by atoms with Crippen LogP contribution in [0.2, 0.25) is 0 Å². The number of nitrogens with one attached hydrogen (secondary N) is 2. The number of ether oxygens (including phenoxy) is 2. The highest BCUT2D eigenvalue weighted by Gasteiger charge is 2.27. The lowest BCUT2D eigenvalue weighted by Gasteiger charge is -2.21. The first kappa shape index (κ1) is 24.4. The van der Waals surface area contributed by atoms with Gasteiger partial charge < -0.3 is 30.1 Å². The second-order valence-electron chi connectivity index (χ2n) is 7.72. The summed E-state index contributed by atoms with van der Waals surface area (Å²) in [7, 11) is 1.52. The average Bonchev–Trinajstić information content (AvgIpc) is 3.26. The summed E-state index contributed by atoms with van der Waals surface area (Å²) in [4.78, 5) is 23.4. The molecule has 1 aromatic carbocycles. The van der Waals surface area contributed by atoms with E-state index in [0.717, 1.165) is 0 Å². The van der Waals surface area contributed by atoms with Crippen LogP contribution in [-0.2, 0) is 0 Å². The highest BCUT2D eigenvalue weighted by molar-refractivity contribution is 6.20. The Balaban J connectivity index is 1.55. The van der Waals surface area contributed by atoms with E-state index in [1.165, 1.54) is 37.6 Å². The van der Waals surface area contributed by atoms with Crippen LogP contribution in [0.15, 0.2) is 54.9 Å². The zero-order valence-corrected chi connectivity index (χ0v) is 19.3. The van der Waals surface area contributed by atoms with Crippen molar-refractivity contribution < 1.29 is 28.2 Å². The van der Waals surface area contributed by atoms with Gasteiger partial charge in [-0.15, -0.1) is 8.78 Å². The van der Waals surface area contributed by atoms with Gasteiger partial charge in [-0.1, -0.05) is 0 Å². The van der Waals surface area contributed by atoms with Crippen molar-refractivity contribution in [3.8, 4) is 11.6 Å². The molecule has 35 heavy (non-hydrogen) atoms. The van der Waals surface area contributed by atoms with Crippen molar-refractivity contribution in [2.24, 2.45) is 0 Å². The second kappa shape index (κ2) is 10.3. The Hall–Kier alpha value is -3.70. The molecule has 1 unspecified atom stereocenters. The van der Waals surface area contributed by atoms with E-state index in [4.69, 9.17) is 16.3 Å². The quantitative estimate of drug-likeness (QED) is 0.390. The fourth-order valence-corrected chi connectivity index (χ4v) is 3.62. The molecule has 4 rings (SSSR count). The molecule has 2 aromatic heterocycles. The number of amides is 1. The molecule has 184 valence electrons. The Morgan fingerprint density at radius 2 is 1.91 bits per heavy atom. The number of benzene rings is 1. The smallest absolute Gasteiger partial charge is 0.481 e. The third kappa shape index (κ3) is 6.46. The molecule has 3 heterocycles. The number of aliphatic hydroxyl groups is 1. The Labute approximate surface area is 204 Å². The number of aromatic nitrogens is 2. The lowest BCUT2D eigenvalue weighted by Crippen LogP contribution is -2.24. The number of halogens is 3. The monoisotopic (exact) mass is 505 g/mol. The minimum absolute atomic E-state index is 0.151. The van der Waals surface area contributed by atoms with Gasteiger partial charge in [-0.2, -0.15) is 0 Å². The van der Waals surface area contributed by atoms with E-state index < -0.39 is 17.6 Å². The number of nitrogens with zero attached hydrogens (tertiary/aromatic N) is 3. The minimum atomic E-state index is -3.83. The molecule has 0 saturated carbocycles. The number of hydrogen-bond donors (Lipinski definition) is 3. The maximum Gasteiger partial charge on any atom is 0.487 e. The number of hydrogen-bond acceptors (Lipinski definition) is 8. The SMILES string of the molecule is COc1ccc(Nc2cc(C(=O)Nc3ccc(OC(F)(F)Cl)cc3)cnc2N2CCC(O)C2)cn1. The number of β-amino-alcohol motifs (C(OH)–C–C–N with tert-alkyl or cyclic N) is 1. The molecule has 0 bridgehead atoms. The van der Waals surface area contributed by atoms with Crippen LogP contribution >= 0.6 is 11.6 Å². The lowest BCUT2D eigenvalue weighted by atomic mass is 10.2. The molecule has 9 nitrogen and oxygen atoms in total. The van der Waals surface area contributed by atoms with Gasteiger partial charge in [-0.05, 0) is 42.8 Å². The van der Waals surface area contributed by atoms with Crippen molar-refractivity contribution in [3.63, 3.8) is 0 Å². The number of rotatable bonds is 8. The van der Waals surface area contributed by atoms with Crippen LogP contribution in [0.1, 0.15) is 16.8 Å². The van der Waals surface area contributed by atoms with Gasteiger partial charge in [-0.25, -0.2) is 9.97 Å². The fourth-order valence-electron chi connectivity index (χ4n) is 3.53. The summed E-state index contributed by atoms with van der Waals surface area (Å²) in [5, 5.41) is 15.9. The summed E-state index contributed by atoms with van der Waals surface area (Å²) in [6.07, 6.45) is 3.17. The number of carbonyl (C=O) groups excluding carboxylic acids is 1. The molecule has 0 radical (unpaired) electrons. The third-order valence-corrected chi connectivity index (χ3v) is 5.24. The van der Waals surface area contributed by atoms with E-state index in [2.05, 4.69) is 25.3 Å². The predicted octanol–water partition coefficient (Wildman–Crippen LogP) is 4.22. The van der Waals surface area contributed by atoms with Crippen molar-refractivity contribution >= 4 is 40.4 Å². The van der Waals surface area contributed by atoms with Crippen LogP contribution in [0.3, 0.4) is 0 Å². The van der Waals surface area contributed by atoms with Crippen molar-refractivity contribution in [3.05, 3.63) is 60.4 Å². The van der Waals surface area contributed by atoms with Gasteiger partial charge in [0, 0.05) is 42.6 Å². The van der Waals surface area contributed by atoms with Crippen molar-refractivity contribution in [2.45, 2.75) is 18.1 Å². The Bertz CT molecular complexity index is 1180. The van der Waals surface area contributed by atoms with Crippen LogP contribution in [0, 0.1) is 0 Å². The molecule has 3 N–H and O–H groups in total. The molecular formula is C23H22ClF2N5O4. The number of anilines is 4. The standard InChI is InChI=1S/C23H22ClF2N5O4/c1-34-20-7-4-16(12-27-20)29-19-10-14(11-28-21(19)31-9-8-17(32)13-31)22(33)30-15-2-5-18(6-3-15)35-23(24,25)26/h2-7,10-12,17,29,32H,8-9,13H2,1H3,(H,30,33). The summed E-state index contributed by atoms with van der Waals surface area (Å²) in [5.41, 5.74) is -2.01. The van der Waals surface area contributed by atoms with Gasteiger partial charge in [0.2, 0.25) is 5.88 Å². The molecule has 1 aliphatic heterocycles. The molecule has 0 spiro atoms. The summed E-state index contributed by atoms with van der Waals surface area (Å²) < 4.78 is 34.9. The molecule has 3 aromatic rings. The van der Waals surface area contributed by atoms with Crippen LogP contribution in [-0.4, -0.2) is 52.9 Å². The van der Waals surface area contributed by atoms with E-state index in [1.54, 1.807) is 24.4 Å².